The molecule has 0 radical (unpaired) electrons. The van der Waals surface area contributed by atoms with Gasteiger partial charge in [-0.3, -0.25) is 11.3 Å². The van der Waals surface area contributed by atoms with Crippen LogP contribution in [0.3, 0.4) is 0 Å². The van der Waals surface area contributed by atoms with Crippen LogP contribution in [0, 0.1) is 12.7 Å². The molecule has 1 atom stereocenters. The Balaban J connectivity index is 2.06. The fourth-order valence-electron chi connectivity index (χ4n) is 2.36. The van der Waals surface area contributed by atoms with E-state index in [-0.39, 0.29) is 11.9 Å². The van der Waals surface area contributed by atoms with Crippen molar-refractivity contribution in [2.45, 2.75) is 25.8 Å². The second-order valence-electron chi connectivity index (χ2n) is 5.13. The maximum atomic E-state index is 13.9. The molecule has 3 N–H and O–H groups in total. The fourth-order valence-corrected chi connectivity index (χ4v) is 2.36. The molecule has 0 saturated heterocycles. The molecule has 4 heteroatoms. The van der Waals surface area contributed by atoms with Crippen molar-refractivity contribution in [1.29, 1.82) is 0 Å². The summed E-state index contributed by atoms with van der Waals surface area (Å²) < 4.78 is 19.1. The summed E-state index contributed by atoms with van der Waals surface area (Å²) in [5, 5.41) is 0. The van der Waals surface area contributed by atoms with Gasteiger partial charge in [0.15, 0.2) is 0 Å². The molecular formula is C17H21FN2O. The first-order valence-corrected chi connectivity index (χ1v) is 6.99. The Morgan fingerprint density at radius 3 is 2.52 bits per heavy atom. The quantitative estimate of drug-likeness (QED) is 0.633. The van der Waals surface area contributed by atoms with Gasteiger partial charge in [-0.1, -0.05) is 29.8 Å². The molecule has 0 aliphatic heterocycles. The Morgan fingerprint density at radius 2 is 1.90 bits per heavy atom. The minimum Gasteiger partial charge on any atom is -0.497 e. The monoisotopic (exact) mass is 288 g/mol. The van der Waals surface area contributed by atoms with Crippen LogP contribution >= 0.6 is 0 Å². The van der Waals surface area contributed by atoms with Crippen LogP contribution in [0.15, 0.2) is 42.5 Å². The lowest BCUT2D eigenvalue weighted by molar-refractivity contribution is 0.414. The highest BCUT2D eigenvalue weighted by molar-refractivity contribution is 5.29. The third-order valence-electron chi connectivity index (χ3n) is 3.61. The largest absolute Gasteiger partial charge is 0.497 e. The Kier molecular flexibility index (Phi) is 5.31. The average molecular weight is 288 g/mol. The van der Waals surface area contributed by atoms with Gasteiger partial charge in [-0.25, -0.2) is 4.39 Å². The Morgan fingerprint density at radius 1 is 1.19 bits per heavy atom. The van der Waals surface area contributed by atoms with E-state index in [1.54, 1.807) is 13.2 Å². The number of nitrogens with two attached hydrogens (primary N) is 1. The summed E-state index contributed by atoms with van der Waals surface area (Å²) in [7, 11) is 1.64. The van der Waals surface area contributed by atoms with Crippen molar-refractivity contribution in [2.24, 2.45) is 5.84 Å². The number of hydrogen-bond donors (Lipinski definition) is 2. The highest BCUT2D eigenvalue weighted by Crippen LogP contribution is 2.23. The molecule has 0 heterocycles. The Hall–Kier alpha value is -1.91. The van der Waals surface area contributed by atoms with Gasteiger partial charge in [0.25, 0.3) is 0 Å². The molecule has 0 aliphatic rings. The second kappa shape index (κ2) is 7.20. The number of benzene rings is 2. The van der Waals surface area contributed by atoms with Gasteiger partial charge in [0.1, 0.15) is 11.6 Å². The van der Waals surface area contributed by atoms with Gasteiger partial charge in [0.05, 0.1) is 7.11 Å². The first-order valence-electron chi connectivity index (χ1n) is 6.99. The second-order valence-corrected chi connectivity index (χ2v) is 5.13. The predicted molar refractivity (Wildman–Crippen MR) is 82.5 cm³/mol. The molecule has 2 aromatic carbocycles. The van der Waals surface area contributed by atoms with Crippen molar-refractivity contribution in [2.75, 3.05) is 7.11 Å². The minimum atomic E-state index is -0.224. The Labute approximate surface area is 124 Å². The fraction of sp³-hybridized carbons (Fsp3) is 0.294. The SMILES string of the molecule is COc1ccc(CCC(NN)c2cc(C)ccc2F)cc1. The molecule has 0 spiro atoms. The van der Waals surface area contributed by atoms with Gasteiger partial charge in [-0.15, -0.1) is 0 Å². The standard InChI is InChI=1S/C17H21FN2O/c1-12-3-9-16(18)15(11-12)17(20-19)10-6-13-4-7-14(21-2)8-5-13/h3-5,7-9,11,17,20H,6,10,19H2,1-2H3. The molecule has 21 heavy (non-hydrogen) atoms. The normalized spacial score (nSPS) is 12.2. The summed E-state index contributed by atoms with van der Waals surface area (Å²) in [6.45, 7) is 1.94. The summed E-state index contributed by atoms with van der Waals surface area (Å²) in [5.41, 5.74) is 5.53. The highest BCUT2D eigenvalue weighted by atomic mass is 19.1. The summed E-state index contributed by atoms with van der Waals surface area (Å²) in [6, 6.07) is 12.8. The van der Waals surface area contributed by atoms with E-state index in [4.69, 9.17) is 10.6 Å². The minimum absolute atomic E-state index is 0.202. The van der Waals surface area contributed by atoms with Gasteiger partial charge in [-0.2, -0.15) is 0 Å². The predicted octanol–water partition coefficient (Wildman–Crippen LogP) is 3.28. The molecule has 1 unspecified atom stereocenters. The smallest absolute Gasteiger partial charge is 0.128 e. The van der Waals surface area contributed by atoms with Crippen molar-refractivity contribution in [3.05, 3.63) is 65.0 Å². The van der Waals surface area contributed by atoms with E-state index in [0.29, 0.717) is 5.56 Å². The first kappa shape index (κ1) is 15.5. The molecule has 2 rings (SSSR count). The number of methoxy groups -OCH3 is 1. The van der Waals surface area contributed by atoms with E-state index in [9.17, 15) is 4.39 Å². The van der Waals surface area contributed by atoms with Crippen LogP contribution in [0.4, 0.5) is 4.39 Å². The van der Waals surface area contributed by atoms with E-state index in [0.717, 1.165) is 24.2 Å². The lowest BCUT2D eigenvalue weighted by atomic mass is 9.97. The van der Waals surface area contributed by atoms with E-state index in [2.05, 4.69) is 5.43 Å². The van der Waals surface area contributed by atoms with E-state index < -0.39 is 0 Å². The topological polar surface area (TPSA) is 47.3 Å². The van der Waals surface area contributed by atoms with Crippen molar-refractivity contribution in [3.63, 3.8) is 0 Å². The number of hydrogen-bond acceptors (Lipinski definition) is 3. The zero-order valence-electron chi connectivity index (χ0n) is 12.4. The molecule has 0 bridgehead atoms. The molecule has 112 valence electrons. The molecular weight excluding hydrogens is 267 g/mol. The van der Waals surface area contributed by atoms with E-state index in [1.807, 2.05) is 37.3 Å². The molecule has 2 aromatic rings. The third-order valence-corrected chi connectivity index (χ3v) is 3.61. The maximum Gasteiger partial charge on any atom is 0.128 e. The lowest BCUT2D eigenvalue weighted by Crippen LogP contribution is -2.29. The molecule has 3 nitrogen and oxygen atoms in total. The third kappa shape index (κ3) is 4.03. The van der Waals surface area contributed by atoms with Gasteiger partial charge in [0, 0.05) is 11.6 Å². The van der Waals surface area contributed by atoms with Crippen LogP contribution in [0.2, 0.25) is 0 Å². The molecule has 0 fully saturated rings. The Bertz CT molecular complexity index is 584. The highest BCUT2D eigenvalue weighted by Gasteiger charge is 2.14. The van der Waals surface area contributed by atoms with Gasteiger partial charge >= 0.3 is 0 Å². The number of hydrazine groups is 1. The first-order chi connectivity index (χ1) is 10.1. The van der Waals surface area contributed by atoms with E-state index in [1.165, 1.54) is 11.6 Å². The van der Waals surface area contributed by atoms with Crippen LogP contribution in [-0.4, -0.2) is 7.11 Å². The van der Waals surface area contributed by atoms with Crippen LogP contribution in [0.5, 0.6) is 5.75 Å². The number of aryl methyl sites for hydroxylation is 2. The van der Waals surface area contributed by atoms with Crippen molar-refractivity contribution in [3.8, 4) is 5.75 Å². The number of rotatable bonds is 6. The zero-order valence-corrected chi connectivity index (χ0v) is 12.4. The number of nitrogens with one attached hydrogen (secondary N) is 1. The van der Waals surface area contributed by atoms with E-state index >= 15 is 0 Å². The van der Waals surface area contributed by atoms with Crippen LogP contribution < -0.4 is 16.0 Å². The number of ether oxygens (including phenoxy) is 1. The van der Waals surface area contributed by atoms with Gasteiger partial charge in [0.2, 0.25) is 0 Å². The van der Waals surface area contributed by atoms with Crippen LogP contribution in [0.1, 0.15) is 29.2 Å². The average Bonchev–Trinajstić information content (AvgIpc) is 2.51. The van der Waals surface area contributed by atoms with Crippen molar-refractivity contribution < 1.29 is 9.13 Å². The van der Waals surface area contributed by atoms with Crippen LogP contribution in [-0.2, 0) is 6.42 Å². The molecule has 0 amide bonds. The van der Waals surface area contributed by atoms with Crippen molar-refractivity contribution >= 4 is 0 Å². The number of halogens is 1. The van der Waals surface area contributed by atoms with Crippen LogP contribution in [0.25, 0.3) is 0 Å². The summed E-state index contributed by atoms with van der Waals surface area (Å²) in [4.78, 5) is 0. The molecule has 0 aromatic heterocycles. The lowest BCUT2D eigenvalue weighted by Gasteiger charge is -2.17. The summed E-state index contributed by atoms with van der Waals surface area (Å²) in [6.07, 6.45) is 1.54. The summed E-state index contributed by atoms with van der Waals surface area (Å²) >= 11 is 0. The molecule has 0 aliphatic carbocycles. The molecule has 0 saturated carbocycles. The van der Waals surface area contributed by atoms with Gasteiger partial charge < -0.3 is 4.74 Å². The maximum absolute atomic E-state index is 13.9. The van der Waals surface area contributed by atoms with Gasteiger partial charge in [-0.05, 0) is 43.5 Å². The zero-order chi connectivity index (χ0) is 15.2. The summed E-state index contributed by atoms with van der Waals surface area (Å²) in [5.74, 6) is 6.20. The van der Waals surface area contributed by atoms with Crippen molar-refractivity contribution in [1.82, 2.24) is 5.43 Å².